The van der Waals surface area contributed by atoms with Crippen LogP contribution in [0.3, 0.4) is 0 Å². The molecule has 4 nitrogen and oxygen atoms in total. The van der Waals surface area contributed by atoms with Crippen LogP contribution in [0.5, 0.6) is 0 Å². The number of hydrogen-bond acceptors (Lipinski definition) is 3. The van der Waals surface area contributed by atoms with Gasteiger partial charge in [0.2, 0.25) is 0 Å². The first-order valence-electron chi connectivity index (χ1n) is 6.02. The van der Waals surface area contributed by atoms with E-state index in [9.17, 15) is 4.79 Å². The maximum Gasteiger partial charge on any atom is 0.172 e. The lowest BCUT2D eigenvalue weighted by molar-refractivity contribution is 0.111. The van der Waals surface area contributed by atoms with Crippen molar-refractivity contribution in [3.8, 4) is 5.69 Å². The van der Waals surface area contributed by atoms with Gasteiger partial charge in [0.1, 0.15) is 5.69 Å². The summed E-state index contributed by atoms with van der Waals surface area (Å²) in [6, 6.07) is 5.56. The smallest absolute Gasteiger partial charge is 0.172 e. The molecule has 2 aromatic rings. The van der Waals surface area contributed by atoms with Crippen molar-refractivity contribution in [2.45, 2.75) is 33.1 Å². The van der Waals surface area contributed by atoms with E-state index in [1.54, 1.807) is 10.7 Å². The number of carbonyl (C=O) groups excluding carboxylic acids is 1. The van der Waals surface area contributed by atoms with Gasteiger partial charge in [0.25, 0.3) is 0 Å². The molecule has 0 aliphatic heterocycles. The van der Waals surface area contributed by atoms with Crippen molar-refractivity contribution < 1.29 is 4.79 Å². The minimum Gasteiger partial charge on any atom is -0.296 e. The third-order valence-electron chi connectivity index (χ3n) is 2.91. The molecule has 0 amide bonds. The van der Waals surface area contributed by atoms with Gasteiger partial charge in [0, 0.05) is 10.4 Å². The summed E-state index contributed by atoms with van der Waals surface area (Å²) in [4.78, 5) is 11.1. The summed E-state index contributed by atoms with van der Waals surface area (Å²) in [5, 5.41) is 8.73. The zero-order valence-electron chi connectivity index (χ0n) is 11.4. The highest BCUT2D eigenvalue weighted by Crippen LogP contribution is 2.28. The van der Waals surface area contributed by atoms with Gasteiger partial charge >= 0.3 is 0 Å². The van der Waals surface area contributed by atoms with E-state index < -0.39 is 0 Å². The Morgan fingerprint density at radius 3 is 2.53 bits per heavy atom. The number of aryl methyl sites for hydroxylation is 1. The molecule has 1 heterocycles. The number of rotatable bonds is 2. The Morgan fingerprint density at radius 2 is 2.00 bits per heavy atom. The lowest BCUT2D eigenvalue weighted by Crippen LogP contribution is -2.19. The Bertz CT molecular complexity index is 626. The van der Waals surface area contributed by atoms with E-state index in [1.165, 1.54) is 0 Å². The second-order valence-corrected chi connectivity index (χ2v) is 5.97. The quantitative estimate of drug-likeness (QED) is 0.791. The van der Waals surface area contributed by atoms with E-state index in [2.05, 4.69) is 10.3 Å². The molecule has 1 aromatic carbocycles. The van der Waals surface area contributed by atoms with Gasteiger partial charge in [-0.25, -0.2) is 4.68 Å². The lowest BCUT2D eigenvalue weighted by Gasteiger charge is -2.21. The fraction of sp³-hybridized carbons (Fsp3) is 0.357. The van der Waals surface area contributed by atoms with Crippen LogP contribution in [-0.4, -0.2) is 21.3 Å². The molecule has 0 saturated carbocycles. The van der Waals surface area contributed by atoms with Crippen molar-refractivity contribution in [2.75, 3.05) is 0 Å². The van der Waals surface area contributed by atoms with Gasteiger partial charge in [-0.05, 0) is 30.7 Å². The molecule has 100 valence electrons. The number of aromatic nitrogens is 3. The highest BCUT2D eigenvalue weighted by molar-refractivity contribution is 6.30. The first-order chi connectivity index (χ1) is 8.84. The molecule has 0 radical (unpaired) electrons. The number of halogens is 1. The van der Waals surface area contributed by atoms with E-state index in [0.29, 0.717) is 10.7 Å². The van der Waals surface area contributed by atoms with Crippen LogP contribution in [0.25, 0.3) is 5.69 Å². The van der Waals surface area contributed by atoms with Crippen LogP contribution in [0.1, 0.15) is 42.5 Å². The number of hydrogen-bond donors (Lipinski definition) is 0. The van der Waals surface area contributed by atoms with Crippen LogP contribution in [0.15, 0.2) is 18.2 Å². The molecule has 0 unspecified atom stereocenters. The predicted molar refractivity (Wildman–Crippen MR) is 75.2 cm³/mol. The van der Waals surface area contributed by atoms with Crippen LogP contribution < -0.4 is 0 Å². The molecule has 0 N–H and O–H groups in total. The van der Waals surface area contributed by atoms with Gasteiger partial charge in [-0.15, -0.1) is 5.10 Å². The average molecular weight is 278 g/mol. The van der Waals surface area contributed by atoms with E-state index in [1.807, 2.05) is 39.8 Å². The topological polar surface area (TPSA) is 47.8 Å². The van der Waals surface area contributed by atoms with Gasteiger partial charge in [0.15, 0.2) is 6.29 Å². The molecule has 2 rings (SSSR count). The fourth-order valence-electron chi connectivity index (χ4n) is 2.10. The third kappa shape index (κ3) is 2.54. The molecule has 0 saturated heterocycles. The molecular formula is C14H16ClN3O. The highest BCUT2D eigenvalue weighted by atomic mass is 35.5. The first-order valence-corrected chi connectivity index (χ1v) is 6.40. The van der Waals surface area contributed by atoms with Crippen molar-refractivity contribution in [1.82, 2.24) is 15.0 Å². The second kappa shape index (κ2) is 4.78. The van der Waals surface area contributed by atoms with Crippen LogP contribution in [-0.2, 0) is 5.41 Å². The van der Waals surface area contributed by atoms with Crippen molar-refractivity contribution in [3.63, 3.8) is 0 Å². The molecule has 0 aliphatic rings. The summed E-state index contributed by atoms with van der Waals surface area (Å²) in [7, 11) is 0. The Hall–Kier alpha value is -1.68. The first kappa shape index (κ1) is 13.7. The lowest BCUT2D eigenvalue weighted by atomic mass is 9.90. The molecule has 0 fully saturated rings. The van der Waals surface area contributed by atoms with Gasteiger partial charge in [-0.2, -0.15) is 0 Å². The predicted octanol–water partition coefficient (Wildman–Crippen LogP) is 3.34. The van der Waals surface area contributed by atoms with Gasteiger partial charge < -0.3 is 0 Å². The average Bonchev–Trinajstić information content (AvgIpc) is 2.72. The minimum atomic E-state index is -0.230. The molecule has 0 bridgehead atoms. The molecule has 0 aliphatic carbocycles. The molecule has 5 heteroatoms. The van der Waals surface area contributed by atoms with Crippen LogP contribution in [0.2, 0.25) is 5.02 Å². The molecule has 1 aromatic heterocycles. The third-order valence-corrected chi connectivity index (χ3v) is 3.14. The van der Waals surface area contributed by atoms with Gasteiger partial charge in [0.05, 0.1) is 11.4 Å². The highest BCUT2D eigenvalue weighted by Gasteiger charge is 2.26. The SMILES string of the molecule is Cc1cc(Cl)ccc1-n1nnc(C=O)c1C(C)(C)C. The van der Waals surface area contributed by atoms with E-state index in [0.717, 1.165) is 23.2 Å². The zero-order chi connectivity index (χ0) is 14.2. The van der Waals surface area contributed by atoms with Gasteiger partial charge in [-0.3, -0.25) is 4.79 Å². The number of nitrogens with zero attached hydrogens (tertiary/aromatic N) is 3. The zero-order valence-corrected chi connectivity index (χ0v) is 12.2. The van der Waals surface area contributed by atoms with Crippen LogP contribution in [0, 0.1) is 6.92 Å². The largest absolute Gasteiger partial charge is 0.296 e. The number of benzene rings is 1. The monoisotopic (exact) mass is 277 g/mol. The van der Waals surface area contributed by atoms with Crippen molar-refractivity contribution in [3.05, 3.63) is 40.2 Å². The van der Waals surface area contributed by atoms with E-state index >= 15 is 0 Å². The number of carbonyl (C=O) groups is 1. The standard InChI is InChI=1S/C14H16ClN3O/c1-9-7-10(15)5-6-12(9)18-13(14(2,3)4)11(8-19)16-17-18/h5-8H,1-4H3. The summed E-state index contributed by atoms with van der Waals surface area (Å²) in [5.74, 6) is 0. The second-order valence-electron chi connectivity index (χ2n) is 5.53. The van der Waals surface area contributed by atoms with Crippen molar-refractivity contribution in [2.24, 2.45) is 0 Å². The fourth-order valence-corrected chi connectivity index (χ4v) is 2.33. The van der Waals surface area contributed by atoms with Crippen molar-refractivity contribution >= 4 is 17.9 Å². The number of aldehydes is 1. The Morgan fingerprint density at radius 1 is 1.32 bits per heavy atom. The summed E-state index contributed by atoms with van der Waals surface area (Å²) < 4.78 is 1.72. The normalized spacial score (nSPS) is 11.6. The van der Waals surface area contributed by atoms with Crippen LogP contribution >= 0.6 is 11.6 Å². The summed E-state index contributed by atoms with van der Waals surface area (Å²) in [6.07, 6.45) is 0.745. The Kier molecular flexibility index (Phi) is 3.45. The summed E-state index contributed by atoms with van der Waals surface area (Å²) >= 11 is 5.97. The minimum absolute atomic E-state index is 0.230. The Balaban J connectivity index is 2.69. The summed E-state index contributed by atoms with van der Waals surface area (Å²) in [5.41, 5.74) is 2.82. The molecule has 19 heavy (non-hydrogen) atoms. The van der Waals surface area contributed by atoms with Crippen LogP contribution in [0.4, 0.5) is 0 Å². The maximum atomic E-state index is 11.1. The molecular weight excluding hydrogens is 262 g/mol. The summed E-state index contributed by atoms with van der Waals surface area (Å²) in [6.45, 7) is 8.04. The molecule has 0 atom stereocenters. The molecule has 0 spiro atoms. The van der Waals surface area contributed by atoms with Gasteiger partial charge in [-0.1, -0.05) is 37.6 Å². The maximum absolute atomic E-state index is 11.1. The Labute approximate surface area is 117 Å². The van der Waals surface area contributed by atoms with E-state index in [4.69, 9.17) is 11.6 Å². The van der Waals surface area contributed by atoms with E-state index in [-0.39, 0.29) is 5.41 Å². The van der Waals surface area contributed by atoms with Crippen molar-refractivity contribution in [1.29, 1.82) is 0 Å².